The average Bonchev–Trinajstić information content (AvgIpc) is 3.00. The first-order chi connectivity index (χ1) is 11.3. The van der Waals surface area contributed by atoms with Gasteiger partial charge in [-0.15, -0.1) is 0 Å². The van der Waals surface area contributed by atoms with E-state index in [1.165, 1.54) is 0 Å². The third-order valence-electron chi connectivity index (χ3n) is 4.49. The van der Waals surface area contributed by atoms with Crippen LogP contribution in [0.4, 0.5) is 0 Å². The number of nitrogens with zero attached hydrogens (tertiary/aromatic N) is 1. The van der Waals surface area contributed by atoms with Gasteiger partial charge < -0.3 is 19.7 Å². The predicted molar refractivity (Wildman–Crippen MR) is 90.2 cm³/mol. The predicted octanol–water partition coefficient (Wildman–Crippen LogP) is 1.95. The average molecular weight is 336 g/mol. The monoisotopic (exact) mass is 336 g/mol. The molecule has 1 aromatic rings. The Labute approximate surface area is 143 Å². The molecular formula is C18H28N2O4. The lowest BCUT2D eigenvalue weighted by atomic mass is 9.96. The second kappa shape index (κ2) is 7.83. The Hall–Kier alpha value is -1.82. The zero-order valence-corrected chi connectivity index (χ0v) is 14.8. The summed E-state index contributed by atoms with van der Waals surface area (Å²) in [7, 11) is 0. The van der Waals surface area contributed by atoms with E-state index in [9.17, 15) is 14.7 Å². The Balaban J connectivity index is 1.88. The summed E-state index contributed by atoms with van der Waals surface area (Å²) in [6.45, 7) is 6.67. The number of carbonyl (C=O) groups is 2. The first kappa shape index (κ1) is 18.5. The van der Waals surface area contributed by atoms with Gasteiger partial charge in [0.2, 0.25) is 11.8 Å². The maximum atomic E-state index is 12.4. The van der Waals surface area contributed by atoms with Crippen LogP contribution in [0.5, 0.6) is 0 Å². The van der Waals surface area contributed by atoms with E-state index in [2.05, 4.69) is 5.32 Å². The number of aliphatic hydroxyl groups is 1. The van der Waals surface area contributed by atoms with E-state index < -0.39 is 5.60 Å². The zero-order chi connectivity index (χ0) is 17.7. The quantitative estimate of drug-likeness (QED) is 0.832. The molecule has 0 saturated carbocycles. The van der Waals surface area contributed by atoms with Crippen molar-refractivity contribution in [3.63, 3.8) is 0 Å². The number of likely N-dealkylation sites (tertiary alicyclic amines) is 1. The van der Waals surface area contributed by atoms with Crippen molar-refractivity contribution < 1.29 is 19.1 Å². The van der Waals surface area contributed by atoms with E-state index in [1.807, 2.05) is 13.8 Å². The first-order valence-electron chi connectivity index (χ1n) is 8.68. The summed E-state index contributed by atoms with van der Waals surface area (Å²) in [6.07, 6.45) is 2.95. The van der Waals surface area contributed by atoms with Crippen LogP contribution in [0.2, 0.25) is 0 Å². The first-order valence-corrected chi connectivity index (χ1v) is 8.68. The van der Waals surface area contributed by atoms with E-state index in [1.54, 1.807) is 24.0 Å². The molecule has 0 radical (unpaired) electrons. The molecule has 6 heteroatoms. The zero-order valence-electron chi connectivity index (χ0n) is 14.8. The Morgan fingerprint density at radius 1 is 1.46 bits per heavy atom. The van der Waals surface area contributed by atoms with Crippen molar-refractivity contribution >= 4 is 11.8 Å². The molecule has 134 valence electrons. The van der Waals surface area contributed by atoms with Gasteiger partial charge in [0.1, 0.15) is 17.1 Å². The number of furan rings is 1. The molecule has 2 rings (SSSR count). The molecule has 2 N–H and O–H groups in total. The van der Waals surface area contributed by atoms with Crippen LogP contribution in [0.3, 0.4) is 0 Å². The summed E-state index contributed by atoms with van der Waals surface area (Å²) >= 11 is 0. The van der Waals surface area contributed by atoms with Crippen LogP contribution in [-0.4, -0.2) is 41.5 Å². The Morgan fingerprint density at radius 2 is 2.21 bits per heavy atom. The van der Waals surface area contributed by atoms with Crippen molar-refractivity contribution in [2.45, 2.75) is 52.1 Å². The summed E-state index contributed by atoms with van der Waals surface area (Å²) in [5.74, 6) is 0.937. The standard InChI is InChI=1S/C18H28N2O4/c1-4-6-16(21)20-10-5-7-14(11-20)17(22)19-12-18(3,23)15-9-8-13(2)24-15/h8-9,14,23H,4-7,10-12H2,1-3H3,(H,19,22). The number of aryl methyl sites for hydroxylation is 1. The van der Waals surface area contributed by atoms with Gasteiger partial charge in [-0.25, -0.2) is 0 Å². The Bertz CT molecular complexity index is 579. The number of amides is 2. The van der Waals surface area contributed by atoms with Crippen LogP contribution in [-0.2, 0) is 15.2 Å². The molecule has 0 aromatic carbocycles. The van der Waals surface area contributed by atoms with Crippen LogP contribution in [0.1, 0.15) is 51.1 Å². The fourth-order valence-corrected chi connectivity index (χ4v) is 3.00. The number of hydrogen-bond donors (Lipinski definition) is 2. The molecule has 1 aliphatic rings. The molecule has 2 unspecified atom stereocenters. The van der Waals surface area contributed by atoms with Gasteiger partial charge in [0.25, 0.3) is 0 Å². The lowest BCUT2D eigenvalue weighted by molar-refractivity contribution is -0.136. The number of carbonyl (C=O) groups excluding carboxylic acids is 2. The van der Waals surface area contributed by atoms with Crippen LogP contribution in [0.25, 0.3) is 0 Å². The van der Waals surface area contributed by atoms with Crippen molar-refractivity contribution in [1.82, 2.24) is 10.2 Å². The Kier molecular flexibility index (Phi) is 6.04. The molecule has 2 atom stereocenters. The fourth-order valence-electron chi connectivity index (χ4n) is 3.00. The van der Waals surface area contributed by atoms with Gasteiger partial charge in [-0.3, -0.25) is 9.59 Å². The van der Waals surface area contributed by atoms with Crippen LogP contribution in [0.15, 0.2) is 16.5 Å². The summed E-state index contributed by atoms with van der Waals surface area (Å²) in [6, 6.07) is 3.50. The van der Waals surface area contributed by atoms with Crippen LogP contribution in [0, 0.1) is 12.8 Å². The number of hydrogen-bond acceptors (Lipinski definition) is 4. The molecule has 2 heterocycles. The van der Waals surface area contributed by atoms with Gasteiger partial charge in [0, 0.05) is 19.5 Å². The highest BCUT2D eigenvalue weighted by atomic mass is 16.4. The lowest BCUT2D eigenvalue weighted by Gasteiger charge is -2.32. The van der Waals surface area contributed by atoms with Crippen LogP contribution >= 0.6 is 0 Å². The molecule has 24 heavy (non-hydrogen) atoms. The molecule has 0 bridgehead atoms. The molecule has 6 nitrogen and oxygen atoms in total. The largest absolute Gasteiger partial charge is 0.463 e. The number of rotatable bonds is 6. The minimum Gasteiger partial charge on any atom is -0.463 e. The van der Waals surface area contributed by atoms with Crippen molar-refractivity contribution in [1.29, 1.82) is 0 Å². The number of piperidine rings is 1. The molecule has 1 saturated heterocycles. The molecular weight excluding hydrogens is 308 g/mol. The third kappa shape index (κ3) is 4.60. The van der Waals surface area contributed by atoms with Crippen molar-refractivity contribution in [2.24, 2.45) is 5.92 Å². The minimum atomic E-state index is -1.25. The van der Waals surface area contributed by atoms with Crippen molar-refractivity contribution in [3.8, 4) is 0 Å². The second-order valence-electron chi connectivity index (χ2n) is 6.83. The van der Waals surface area contributed by atoms with Gasteiger partial charge in [-0.1, -0.05) is 6.92 Å². The summed E-state index contributed by atoms with van der Waals surface area (Å²) in [5.41, 5.74) is -1.25. The minimum absolute atomic E-state index is 0.0815. The topological polar surface area (TPSA) is 82.8 Å². The van der Waals surface area contributed by atoms with Crippen molar-refractivity contribution in [3.05, 3.63) is 23.7 Å². The lowest BCUT2D eigenvalue weighted by Crippen LogP contribution is -2.47. The summed E-state index contributed by atoms with van der Waals surface area (Å²) in [4.78, 5) is 26.2. The highest BCUT2D eigenvalue weighted by Crippen LogP contribution is 2.23. The third-order valence-corrected chi connectivity index (χ3v) is 4.49. The van der Waals surface area contributed by atoms with Gasteiger partial charge in [0.05, 0.1) is 12.5 Å². The molecule has 0 spiro atoms. The molecule has 2 amide bonds. The highest BCUT2D eigenvalue weighted by Gasteiger charge is 2.31. The number of nitrogens with one attached hydrogen (secondary N) is 1. The van der Waals surface area contributed by atoms with Crippen LogP contribution < -0.4 is 5.32 Å². The van der Waals surface area contributed by atoms with Gasteiger partial charge >= 0.3 is 0 Å². The van der Waals surface area contributed by atoms with E-state index in [0.29, 0.717) is 24.5 Å². The smallest absolute Gasteiger partial charge is 0.225 e. The van der Waals surface area contributed by atoms with Gasteiger partial charge in [0.15, 0.2) is 0 Å². The molecule has 1 aliphatic heterocycles. The Morgan fingerprint density at radius 3 is 2.83 bits per heavy atom. The summed E-state index contributed by atoms with van der Waals surface area (Å²) < 4.78 is 5.45. The maximum absolute atomic E-state index is 12.4. The molecule has 1 aromatic heterocycles. The highest BCUT2D eigenvalue weighted by molar-refractivity contribution is 5.81. The fraction of sp³-hybridized carbons (Fsp3) is 0.667. The van der Waals surface area contributed by atoms with E-state index >= 15 is 0 Å². The van der Waals surface area contributed by atoms with E-state index in [4.69, 9.17) is 4.42 Å². The summed E-state index contributed by atoms with van der Waals surface area (Å²) in [5, 5.41) is 13.3. The van der Waals surface area contributed by atoms with Gasteiger partial charge in [-0.05, 0) is 45.2 Å². The van der Waals surface area contributed by atoms with E-state index in [-0.39, 0.29) is 24.3 Å². The van der Waals surface area contributed by atoms with Gasteiger partial charge in [-0.2, -0.15) is 0 Å². The molecule has 1 fully saturated rings. The van der Waals surface area contributed by atoms with E-state index in [0.717, 1.165) is 25.8 Å². The molecule has 0 aliphatic carbocycles. The SMILES string of the molecule is CCCC(=O)N1CCCC(C(=O)NCC(C)(O)c2ccc(C)o2)C1. The maximum Gasteiger partial charge on any atom is 0.225 e. The normalized spacial score (nSPS) is 20.5. The van der Waals surface area contributed by atoms with Crippen molar-refractivity contribution in [2.75, 3.05) is 19.6 Å². The second-order valence-corrected chi connectivity index (χ2v) is 6.83.